The standard InChI is InChI=1S/C32H24ClN3O6/c1-2-41-32(40)21-10-14-23(15-11-21)35-29(37)20-8-12-22(13-9-20)34-28-27(33)30(38)36(31(28)39)24-16-18-26(19-17-24)42-25-6-4-3-5-7-25/h3-19,34H,2H2,1H3,(H,35,37). The minimum Gasteiger partial charge on any atom is -0.462 e. The number of esters is 1. The zero-order valence-corrected chi connectivity index (χ0v) is 23.1. The Balaban J connectivity index is 1.21. The molecule has 1 aliphatic heterocycles. The number of ether oxygens (including phenoxy) is 2. The van der Waals surface area contributed by atoms with Crippen LogP contribution in [0.1, 0.15) is 27.6 Å². The number of anilines is 3. The summed E-state index contributed by atoms with van der Waals surface area (Å²) in [5.74, 6) is -0.894. The minimum absolute atomic E-state index is 0.0785. The lowest BCUT2D eigenvalue weighted by molar-refractivity contribution is -0.120. The van der Waals surface area contributed by atoms with Gasteiger partial charge in [0.05, 0.1) is 17.9 Å². The number of halogens is 1. The molecule has 0 aliphatic carbocycles. The van der Waals surface area contributed by atoms with Gasteiger partial charge in [-0.2, -0.15) is 0 Å². The fourth-order valence-corrected chi connectivity index (χ4v) is 4.30. The molecule has 5 rings (SSSR count). The Morgan fingerprint density at radius 2 is 1.33 bits per heavy atom. The molecule has 0 saturated carbocycles. The summed E-state index contributed by atoms with van der Waals surface area (Å²) in [6, 6.07) is 28.3. The van der Waals surface area contributed by atoms with Crippen molar-refractivity contribution >= 4 is 52.4 Å². The maximum Gasteiger partial charge on any atom is 0.338 e. The second-order valence-electron chi connectivity index (χ2n) is 9.00. The summed E-state index contributed by atoms with van der Waals surface area (Å²) in [5, 5.41) is 5.39. The van der Waals surface area contributed by atoms with Gasteiger partial charge in [0.1, 0.15) is 22.2 Å². The van der Waals surface area contributed by atoms with E-state index in [0.717, 1.165) is 4.90 Å². The van der Waals surface area contributed by atoms with E-state index >= 15 is 0 Å². The molecule has 1 aliphatic rings. The van der Waals surface area contributed by atoms with Crippen molar-refractivity contribution in [3.63, 3.8) is 0 Å². The van der Waals surface area contributed by atoms with Gasteiger partial charge in [-0.25, -0.2) is 9.69 Å². The Morgan fingerprint density at radius 3 is 1.98 bits per heavy atom. The Bertz CT molecular complexity index is 1670. The van der Waals surface area contributed by atoms with Crippen LogP contribution in [0.4, 0.5) is 17.1 Å². The van der Waals surface area contributed by atoms with E-state index in [0.29, 0.717) is 39.7 Å². The van der Waals surface area contributed by atoms with E-state index in [9.17, 15) is 19.2 Å². The summed E-state index contributed by atoms with van der Waals surface area (Å²) < 4.78 is 10.7. The number of hydrogen-bond acceptors (Lipinski definition) is 7. The molecule has 3 amide bonds. The molecule has 4 aromatic carbocycles. The molecule has 0 unspecified atom stereocenters. The molecular weight excluding hydrogens is 558 g/mol. The molecule has 0 aromatic heterocycles. The Morgan fingerprint density at radius 1 is 0.738 bits per heavy atom. The highest BCUT2D eigenvalue weighted by atomic mass is 35.5. The van der Waals surface area contributed by atoms with Crippen LogP contribution >= 0.6 is 11.6 Å². The summed E-state index contributed by atoms with van der Waals surface area (Å²) >= 11 is 6.26. The molecule has 4 aromatic rings. The number of hydrogen-bond donors (Lipinski definition) is 2. The number of nitrogens with one attached hydrogen (secondary N) is 2. The van der Waals surface area contributed by atoms with Crippen molar-refractivity contribution in [1.29, 1.82) is 0 Å². The van der Waals surface area contributed by atoms with Crippen LogP contribution in [0.15, 0.2) is 114 Å². The third kappa shape index (κ3) is 6.16. The van der Waals surface area contributed by atoms with E-state index in [4.69, 9.17) is 21.1 Å². The average Bonchev–Trinajstić information content (AvgIpc) is 3.21. The first-order valence-electron chi connectivity index (χ1n) is 12.9. The van der Waals surface area contributed by atoms with Crippen molar-refractivity contribution in [2.45, 2.75) is 6.92 Å². The molecule has 0 radical (unpaired) electrons. The van der Waals surface area contributed by atoms with Gasteiger partial charge in [0.15, 0.2) is 0 Å². The van der Waals surface area contributed by atoms with Gasteiger partial charge in [-0.3, -0.25) is 14.4 Å². The van der Waals surface area contributed by atoms with Crippen molar-refractivity contribution in [2.24, 2.45) is 0 Å². The first-order valence-corrected chi connectivity index (χ1v) is 13.3. The molecule has 0 spiro atoms. The lowest BCUT2D eigenvalue weighted by Crippen LogP contribution is -2.32. The maximum atomic E-state index is 13.2. The molecule has 1 heterocycles. The molecule has 0 atom stereocenters. The van der Waals surface area contributed by atoms with Crippen molar-refractivity contribution < 1.29 is 28.7 Å². The van der Waals surface area contributed by atoms with Crippen LogP contribution in [0.3, 0.4) is 0 Å². The molecule has 0 bridgehead atoms. The Hall–Kier alpha value is -5.41. The van der Waals surface area contributed by atoms with E-state index in [1.165, 1.54) is 0 Å². The van der Waals surface area contributed by atoms with Gasteiger partial charge >= 0.3 is 5.97 Å². The lowest BCUT2D eigenvalue weighted by Gasteiger charge is -2.16. The third-order valence-electron chi connectivity index (χ3n) is 6.17. The average molecular weight is 582 g/mol. The fraction of sp³-hybridized carbons (Fsp3) is 0.0625. The molecule has 42 heavy (non-hydrogen) atoms. The van der Waals surface area contributed by atoms with E-state index in [1.807, 2.05) is 30.3 Å². The van der Waals surface area contributed by atoms with Crippen LogP contribution in [-0.2, 0) is 14.3 Å². The smallest absolute Gasteiger partial charge is 0.338 e. The first kappa shape index (κ1) is 28.1. The molecule has 2 N–H and O–H groups in total. The quantitative estimate of drug-likeness (QED) is 0.175. The minimum atomic E-state index is -0.661. The van der Waals surface area contributed by atoms with Gasteiger partial charge in [0, 0.05) is 16.9 Å². The van der Waals surface area contributed by atoms with Crippen LogP contribution in [0, 0.1) is 0 Å². The normalized spacial score (nSPS) is 12.8. The largest absolute Gasteiger partial charge is 0.462 e. The topological polar surface area (TPSA) is 114 Å². The lowest BCUT2D eigenvalue weighted by atomic mass is 10.1. The molecular formula is C32H24ClN3O6. The van der Waals surface area contributed by atoms with Crippen LogP contribution in [0.5, 0.6) is 11.5 Å². The van der Waals surface area contributed by atoms with E-state index in [-0.39, 0.29) is 23.2 Å². The predicted octanol–water partition coefficient (Wildman–Crippen LogP) is 6.34. The van der Waals surface area contributed by atoms with Crippen LogP contribution in [0.25, 0.3) is 0 Å². The number of amides is 3. The highest BCUT2D eigenvalue weighted by Gasteiger charge is 2.39. The summed E-state index contributed by atoms with van der Waals surface area (Å²) in [6.07, 6.45) is 0. The number of rotatable bonds is 9. The van der Waals surface area contributed by atoms with Gasteiger partial charge in [-0.1, -0.05) is 29.8 Å². The van der Waals surface area contributed by atoms with E-state index in [2.05, 4.69) is 10.6 Å². The van der Waals surface area contributed by atoms with E-state index in [1.54, 1.807) is 79.7 Å². The zero-order chi connectivity index (χ0) is 29.6. The molecule has 0 fully saturated rings. The maximum absolute atomic E-state index is 13.2. The molecule has 10 heteroatoms. The third-order valence-corrected chi connectivity index (χ3v) is 6.52. The fourth-order valence-electron chi connectivity index (χ4n) is 4.09. The molecule has 9 nitrogen and oxygen atoms in total. The number of carbonyl (C=O) groups is 4. The van der Waals surface area contributed by atoms with Crippen molar-refractivity contribution in [1.82, 2.24) is 0 Å². The number of nitrogens with zero attached hydrogens (tertiary/aromatic N) is 1. The summed E-state index contributed by atoms with van der Waals surface area (Å²) in [7, 11) is 0. The highest BCUT2D eigenvalue weighted by molar-refractivity contribution is 6.53. The number of carbonyl (C=O) groups excluding carboxylic acids is 4. The molecule has 0 saturated heterocycles. The second-order valence-corrected chi connectivity index (χ2v) is 9.38. The highest BCUT2D eigenvalue weighted by Crippen LogP contribution is 2.32. The van der Waals surface area contributed by atoms with Gasteiger partial charge in [0.2, 0.25) is 0 Å². The van der Waals surface area contributed by atoms with Gasteiger partial charge < -0.3 is 20.1 Å². The van der Waals surface area contributed by atoms with Gasteiger partial charge in [-0.05, 0) is 91.9 Å². The monoisotopic (exact) mass is 581 g/mol. The van der Waals surface area contributed by atoms with Crippen molar-refractivity contribution in [3.05, 3.63) is 125 Å². The van der Waals surface area contributed by atoms with Crippen LogP contribution in [-0.4, -0.2) is 30.3 Å². The zero-order valence-electron chi connectivity index (χ0n) is 22.3. The summed E-state index contributed by atoms with van der Waals surface area (Å²) in [6.45, 7) is 2.00. The van der Waals surface area contributed by atoms with Gasteiger partial charge in [0.25, 0.3) is 17.7 Å². The van der Waals surface area contributed by atoms with Crippen molar-refractivity contribution in [3.8, 4) is 11.5 Å². The Kier molecular flexibility index (Phi) is 8.31. The predicted molar refractivity (Wildman–Crippen MR) is 159 cm³/mol. The van der Waals surface area contributed by atoms with Crippen molar-refractivity contribution in [2.75, 3.05) is 22.1 Å². The Labute approximate surface area is 246 Å². The SMILES string of the molecule is CCOC(=O)c1ccc(NC(=O)c2ccc(NC3=C(Cl)C(=O)N(c4ccc(Oc5ccccc5)cc4)C3=O)cc2)cc1. The first-order chi connectivity index (χ1) is 20.3. The van der Waals surface area contributed by atoms with Gasteiger partial charge in [-0.15, -0.1) is 0 Å². The number of benzene rings is 4. The second kappa shape index (κ2) is 12.4. The summed E-state index contributed by atoms with van der Waals surface area (Å²) in [4.78, 5) is 51.5. The van der Waals surface area contributed by atoms with Crippen LogP contribution < -0.4 is 20.3 Å². The number of imide groups is 1. The summed E-state index contributed by atoms with van der Waals surface area (Å²) in [5.41, 5.74) is 1.94. The van der Waals surface area contributed by atoms with Crippen LogP contribution in [0.2, 0.25) is 0 Å². The number of para-hydroxylation sites is 1. The molecule has 210 valence electrons. The van der Waals surface area contributed by atoms with E-state index < -0.39 is 17.8 Å².